The molecule has 23 heavy (non-hydrogen) atoms. The number of nitrogens with zero attached hydrogens (tertiary/aromatic N) is 2. The van der Waals surface area contributed by atoms with Crippen LogP contribution >= 0.6 is 0 Å². The molecular formula is C14H22N2O6S. The molecule has 0 aliphatic carbocycles. The van der Waals surface area contributed by atoms with Crippen molar-refractivity contribution < 1.29 is 27.5 Å². The number of carboxylic acid groups (broad SMARTS) is 1. The van der Waals surface area contributed by atoms with Gasteiger partial charge in [-0.25, -0.2) is 12.7 Å². The maximum atomic E-state index is 12.6. The summed E-state index contributed by atoms with van der Waals surface area (Å²) in [6.45, 7) is 5.04. The van der Waals surface area contributed by atoms with Crippen molar-refractivity contribution in [2.24, 2.45) is 0 Å². The van der Waals surface area contributed by atoms with E-state index in [0.717, 1.165) is 4.31 Å². The highest BCUT2D eigenvalue weighted by Crippen LogP contribution is 2.23. The lowest BCUT2D eigenvalue weighted by Crippen LogP contribution is -2.38. The van der Waals surface area contributed by atoms with Gasteiger partial charge >= 0.3 is 5.97 Å². The van der Waals surface area contributed by atoms with E-state index in [9.17, 15) is 18.0 Å². The maximum Gasteiger partial charge on any atom is 0.305 e. The monoisotopic (exact) mass is 346 g/mol. The lowest BCUT2D eigenvalue weighted by Gasteiger charge is -2.25. The number of furan rings is 1. The third-order valence-electron chi connectivity index (χ3n) is 3.31. The van der Waals surface area contributed by atoms with Crippen LogP contribution in [0.25, 0.3) is 0 Å². The van der Waals surface area contributed by atoms with Gasteiger partial charge in [-0.2, -0.15) is 0 Å². The van der Waals surface area contributed by atoms with Crippen LogP contribution in [0, 0.1) is 6.92 Å². The number of hydrogen-bond acceptors (Lipinski definition) is 5. The van der Waals surface area contributed by atoms with Crippen LogP contribution in [0.1, 0.15) is 36.4 Å². The molecule has 0 atom stereocenters. The molecule has 1 aromatic heterocycles. The summed E-state index contributed by atoms with van der Waals surface area (Å²) in [5.74, 6) is -1.29. The van der Waals surface area contributed by atoms with E-state index in [4.69, 9.17) is 9.52 Å². The molecule has 1 rings (SSSR count). The molecule has 0 spiro atoms. The first-order valence-corrected chi connectivity index (χ1v) is 8.48. The highest BCUT2D eigenvalue weighted by Gasteiger charge is 2.28. The maximum absolute atomic E-state index is 12.6. The zero-order valence-corrected chi connectivity index (χ0v) is 14.7. The van der Waals surface area contributed by atoms with Gasteiger partial charge in [0.05, 0.1) is 12.0 Å². The minimum absolute atomic E-state index is 0.0339. The third-order valence-corrected chi connectivity index (χ3v) is 4.98. The van der Waals surface area contributed by atoms with Crippen molar-refractivity contribution in [2.75, 3.05) is 20.6 Å². The van der Waals surface area contributed by atoms with Crippen molar-refractivity contribution in [1.82, 2.24) is 9.21 Å². The topological polar surface area (TPSA) is 108 Å². The molecule has 0 fully saturated rings. The van der Waals surface area contributed by atoms with Gasteiger partial charge in [0, 0.05) is 32.7 Å². The molecule has 9 heteroatoms. The van der Waals surface area contributed by atoms with Crippen LogP contribution in [0.3, 0.4) is 0 Å². The van der Waals surface area contributed by atoms with Gasteiger partial charge in [-0.1, -0.05) is 0 Å². The van der Waals surface area contributed by atoms with E-state index in [2.05, 4.69) is 0 Å². The molecule has 0 aliphatic heterocycles. The Morgan fingerprint density at radius 1 is 1.30 bits per heavy atom. The zero-order valence-electron chi connectivity index (χ0n) is 13.9. The van der Waals surface area contributed by atoms with Gasteiger partial charge < -0.3 is 14.4 Å². The van der Waals surface area contributed by atoms with Gasteiger partial charge in [0.2, 0.25) is 5.09 Å². The molecule has 8 nitrogen and oxygen atoms in total. The number of aliphatic carboxylic acids is 1. The predicted octanol–water partition coefficient (Wildman–Crippen LogP) is 1.16. The van der Waals surface area contributed by atoms with Crippen molar-refractivity contribution >= 4 is 21.9 Å². The molecule has 0 radical (unpaired) electrons. The Hall–Kier alpha value is -1.87. The van der Waals surface area contributed by atoms with E-state index in [-0.39, 0.29) is 35.4 Å². The molecule has 1 amide bonds. The lowest BCUT2D eigenvalue weighted by molar-refractivity contribution is -0.137. The Morgan fingerprint density at radius 2 is 1.87 bits per heavy atom. The van der Waals surface area contributed by atoms with Crippen molar-refractivity contribution in [3.05, 3.63) is 17.4 Å². The molecule has 130 valence electrons. The molecule has 0 aliphatic rings. The fourth-order valence-corrected chi connectivity index (χ4v) is 2.80. The van der Waals surface area contributed by atoms with Gasteiger partial charge in [0.1, 0.15) is 5.76 Å². The lowest BCUT2D eigenvalue weighted by atomic mass is 10.2. The first-order chi connectivity index (χ1) is 10.5. The minimum atomic E-state index is -3.78. The van der Waals surface area contributed by atoms with Gasteiger partial charge in [-0.15, -0.1) is 0 Å². The number of rotatable bonds is 7. The van der Waals surface area contributed by atoms with Crippen molar-refractivity contribution in [1.29, 1.82) is 0 Å². The highest BCUT2D eigenvalue weighted by molar-refractivity contribution is 7.88. The summed E-state index contributed by atoms with van der Waals surface area (Å²) in [4.78, 5) is 24.7. The Morgan fingerprint density at radius 3 is 2.30 bits per heavy atom. The quantitative estimate of drug-likeness (QED) is 0.794. The number of aryl methyl sites for hydroxylation is 1. The second-order valence-electron chi connectivity index (χ2n) is 5.56. The molecule has 1 aromatic rings. The van der Waals surface area contributed by atoms with Crippen LogP contribution in [0.2, 0.25) is 0 Å². The first-order valence-electron chi connectivity index (χ1n) is 7.04. The summed E-state index contributed by atoms with van der Waals surface area (Å²) < 4.78 is 30.4. The molecule has 0 bridgehead atoms. The molecule has 0 unspecified atom stereocenters. The summed E-state index contributed by atoms with van der Waals surface area (Å²) in [7, 11) is -1.06. The third kappa shape index (κ3) is 4.32. The average Bonchev–Trinajstić information content (AvgIpc) is 2.80. The number of carbonyl (C=O) groups excluding carboxylic acids is 1. The van der Waals surface area contributed by atoms with Crippen LogP contribution in [0.15, 0.2) is 15.6 Å². The van der Waals surface area contributed by atoms with E-state index in [1.165, 1.54) is 32.0 Å². The van der Waals surface area contributed by atoms with Crippen molar-refractivity contribution in [2.45, 2.75) is 38.3 Å². The summed E-state index contributed by atoms with van der Waals surface area (Å²) in [6, 6.07) is 0.952. The molecule has 0 saturated carbocycles. The molecule has 0 saturated heterocycles. The predicted molar refractivity (Wildman–Crippen MR) is 82.7 cm³/mol. The molecule has 1 N–H and O–H groups in total. The van der Waals surface area contributed by atoms with Crippen molar-refractivity contribution in [3.63, 3.8) is 0 Å². The van der Waals surface area contributed by atoms with E-state index >= 15 is 0 Å². The normalized spacial score (nSPS) is 12.0. The van der Waals surface area contributed by atoms with Gasteiger partial charge in [0.15, 0.2) is 0 Å². The Balaban J connectivity index is 3.17. The highest BCUT2D eigenvalue weighted by atomic mass is 32.2. The van der Waals surface area contributed by atoms with E-state index < -0.39 is 21.9 Å². The molecule has 1 heterocycles. The van der Waals surface area contributed by atoms with E-state index in [1.807, 2.05) is 0 Å². The zero-order chi connectivity index (χ0) is 17.9. The SMILES string of the molecule is Cc1oc(S(=O)(=O)N(C)C)cc1C(=O)N(CCC(=O)O)C(C)C. The Labute approximate surface area is 135 Å². The van der Waals surface area contributed by atoms with Gasteiger partial charge in [-0.05, 0) is 20.8 Å². The van der Waals surface area contributed by atoms with Gasteiger partial charge in [0.25, 0.3) is 15.9 Å². The Bertz CT molecular complexity index is 690. The smallest absolute Gasteiger partial charge is 0.305 e. The van der Waals surface area contributed by atoms with Crippen LogP contribution in [-0.4, -0.2) is 61.3 Å². The van der Waals surface area contributed by atoms with Crippen LogP contribution in [0.5, 0.6) is 0 Å². The van der Waals surface area contributed by atoms with Crippen LogP contribution < -0.4 is 0 Å². The fourth-order valence-electron chi connectivity index (χ4n) is 1.94. The average molecular weight is 346 g/mol. The van der Waals surface area contributed by atoms with Crippen LogP contribution in [0.4, 0.5) is 0 Å². The second kappa shape index (κ2) is 7.14. The fraction of sp³-hybridized carbons (Fsp3) is 0.571. The van der Waals surface area contributed by atoms with E-state index in [1.54, 1.807) is 13.8 Å². The van der Waals surface area contributed by atoms with Crippen molar-refractivity contribution in [3.8, 4) is 0 Å². The minimum Gasteiger partial charge on any atom is -0.481 e. The number of sulfonamides is 1. The number of carboxylic acids is 1. The summed E-state index contributed by atoms with van der Waals surface area (Å²) in [6.07, 6.45) is -0.191. The number of amides is 1. The molecule has 0 aromatic carbocycles. The summed E-state index contributed by atoms with van der Waals surface area (Å²) in [5.41, 5.74) is 0.115. The number of carbonyl (C=O) groups is 2. The van der Waals surface area contributed by atoms with Gasteiger partial charge in [-0.3, -0.25) is 9.59 Å². The number of hydrogen-bond donors (Lipinski definition) is 1. The first kappa shape index (κ1) is 19.2. The second-order valence-corrected chi connectivity index (χ2v) is 7.64. The standard InChI is InChI=1S/C14H22N2O6S/c1-9(2)16(7-6-12(17)18)14(19)11-8-13(22-10(11)3)23(20,21)15(4)5/h8-9H,6-7H2,1-5H3,(H,17,18). The Kier molecular flexibility index (Phi) is 5.95. The molecular weight excluding hydrogens is 324 g/mol. The largest absolute Gasteiger partial charge is 0.481 e. The summed E-state index contributed by atoms with van der Waals surface area (Å²) >= 11 is 0. The van der Waals surface area contributed by atoms with E-state index in [0.29, 0.717) is 0 Å². The summed E-state index contributed by atoms with van der Waals surface area (Å²) in [5, 5.41) is 8.47. The van der Waals surface area contributed by atoms with Crippen LogP contribution in [-0.2, 0) is 14.8 Å².